The SMILES string of the molecule is CC(=O)c1ccccc1OCCN1CCN[C@@H](C)C1. The van der Waals surface area contributed by atoms with E-state index in [2.05, 4.69) is 17.1 Å². The molecule has 1 aliphatic rings. The van der Waals surface area contributed by atoms with E-state index in [0.717, 1.165) is 26.2 Å². The zero-order chi connectivity index (χ0) is 13.7. The predicted molar refractivity (Wildman–Crippen MR) is 75.8 cm³/mol. The Morgan fingerprint density at radius 3 is 3.00 bits per heavy atom. The normalized spacial score (nSPS) is 20.2. The van der Waals surface area contributed by atoms with Gasteiger partial charge in [-0.25, -0.2) is 0 Å². The number of Topliss-reactive ketones (excluding diaryl/α,β-unsaturated/α-hetero) is 1. The highest BCUT2D eigenvalue weighted by Gasteiger charge is 2.15. The highest BCUT2D eigenvalue weighted by molar-refractivity contribution is 5.96. The van der Waals surface area contributed by atoms with Gasteiger partial charge in [0.25, 0.3) is 0 Å². The molecule has 2 rings (SSSR count). The van der Waals surface area contributed by atoms with Crippen molar-refractivity contribution in [3.8, 4) is 5.75 Å². The van der Waals surface area contributed by atoms with Gasteiger partial charge in [-0.15, -0.1) is 0 Å². The second kappa shape index (κ2) is 6.68. The van der Waals surface area contributed by atoms with Crippen molar-refractivity contribution in [1.82, 2.24) is 10.2 Å². The summed E-state index contributed by atoms with van der Waals surface area (Å²) < 4.78 is 5.75. The molecule has 1 saturated heterocycles. The zero-order valence-electron chi connectivity index (χ0n) is 11.7. The summed E-state index contributed by atoms with van der Waals surface area (Å²) in [5, 5.41) is 3.42. The molecule has 1 N–H and O–H groups in total. The van der Waals surface area contributed by atoms with Gasteiger partial charge in [0, 0.05) is 32.2 Å². The Balaban J connectivity index is 1.84. The number of ether oxygens (including phenoxy) is 1. The van der Waals surface area contributed by atoms with E-state index in [4.69, 9.17) is 4.74 Å². The number of para-hydroxylation sites is 1. The molecule has 0 amide bonds. The highest BCUT2D eigenvalue weighted by Crippen LogP contribution is 2.18. The summed E-state index contributed by atoms with van der Waals surface area (Å²) in [7, 11) is 0. The summed E-state index contributed by atoms with van der Waals surface area (Å²) in [6.45, 7) is 8.43. The summed E-state index contributed by atoms with van der Waals surface area (Å²) in [5.74, 6) is 0.740. The van der Waals surface area contributed by atoms with E-state index in [0.29, 0.717) is 24.0 Å². The Hall–Kier alpha value is -1.39. The van der Waals surface area contributed by atoms with Crippen LogP contribution in [0.15, 0.2) is 24.3 Å². The lowest BCUT2D eigenvalue weighted by Gasteiger charge is -2.31. The van der Waals surface area contributed by atoms with Crippen LogP contribution in [0.1, 0.15) is 24.2 Å². The van der Waals surface area contributed by atoms with Crippen molar-refractivity contribution in [2.75, 3.05) is 32.8 Å². The van der Waals surface area contributed by atoms with Crippen LogP contribution in [0.4, 0.5) is 0 Å². The minimum atomic E-state index is 0.0476. The van der Waals surface area contributed by atoms with Crippen molar-refractivity contribution in [2.45, 2.75) is 19.9 Å². The smallest absolute Gasteiger partial charge is 0.163 e. The number of rotatable bonds is 5. The van der Waals surface area contributed by atoms with E-state index in [1.807, 2.05) is 24.3 Å². The first kappa shape index (κ1) is 14.0. The molecule has 4 heteroatoms. The molecule has 0 radical (unpaired) electrons. The quantitative estimate of drug-likeness (QED) is 0.818. The van der Waals surface area contributed by atoms with Crippen molar-refractivity contribution in [3.05, 3.63) is 29.8 Å². The van der Waals surface area contributed by atoms with Crippen LogP contribution in [-0.4, -0.2) is 49.5 Å². The van der Waals surface area contributed by atoms with E-state index in [1.165, 1.54) is 0 Å². The molecular weight excluding hydrogens is 240 g/mol. The maximum Gasteiger partial charge on any atom is 0.163 e. The van der Waals surface area contributed by atoms with Crippen molar-refractivity contribution < 1.29 is 9.53 Å². The fourth-order valence-corrected chi connectivity index (χ4v) is 2.38. The van der Waals surface area contributed by atoms with Gasteiger partial charge in [0.1, 0.15) is 12.4 Å². The summed E-state index contributed by atoms with van der Waals surface area (Å²) in [4.78, 5) is 13.9. The standard InChI is InChI=1S/C15H22N2O2/c1-12-11-17(8-7-16-12)9-10-19-15-6-4-3-5-14(15)13(2)18/h3-6,12,16H,7-11H2,1-2H3/t12-/m0/s1. The molecule has 1 aromatic rings. The molecule has 0 aromatic heterocycles. The van der Waals surface area contributed by atoms with E-state index < -0.39 is 0 Å². The van der Waals surface area contributed by atoms with E-state index in [1.54, 1.807) is 6.92 Å². The van der Waals surface area contributed by atoms with Crippen LogP contribution in [0.3, 0.4) is 0 Å². The molecule has 0 aliphatic carbocycles. The molecule has 1 fully saturated rings. The fraction of sp³-hybridized carbons (Fsp3) is 0.533. The van der Waals surface area contributed by atoms with E-state index in [9.17, 15) is 4.79 Å². The molecule has 1 aromatic carbocycles. The molecule has 0 saturated carbocycles. The monoisotopic (exact) mass is 262 g/mol. The summed E-state index contributed by atoms with van der Waals surface area (Å²) in [6.07, 6.45) is 0. The van der Waals surface area contributed by atoms with Gasteiger partial charge >= 0.3 is 0 Å². The van der Waals surface area contributed by atoms with Gasteiger partial charge in [0.05, 0.1) is 5.56 Å². The second-order valence-electron chi connectivity index (χ2n) is 5.06. The molecule has 4 nitrogen and oxygen atoms in total. The van der Waals surface area contributed by atoms with Gasteiger partial charge in [-0.2, -0.15) is 0 Å². The van der Waals surface area contributed by atoms with Crippen LogP contribution in [0, 0.1) is 0 Å². The third-order valence-corrected chi connectivity index (χ3v) is 3.38. The van der Waals surface area contributed by atoms with E-state index in [-0.39, 0.29) is 5.78 Å². The average Bonchev–Trinajstić information content (AvgIpc) is 2.39. The number of nitrogens with one attached hydrogen (secondary N) is 1. The Morgan fingerprint density at radius 1 is 1.47 bits per heavy atom. The van der Waals surface area contributed by atoms with Crippen LogP contribution < -0.4 is 10.1 Å². The van der Waals surface area contributed by atoms with Gasteiger partial charge in [0.15, 0.2) is 5.78 Å². The van der Waals surface area contributed by atoms with Crippen molar-refractivity contribution in [1.29, 1.82) is 0 Å². The second-order valence-corrected chi connectivity index (χ2v) is 5.06. The largest absolute Gasteiger partial charge is 0.491 e. The van der Waals surface area contributed by atoms with Gasteiger partial charge in [0.2, 0.25) is 0 Å². The lowest BCUT2D eigenvalue weighted by molar-refractivity contribution is 0.101. The van der Waals surface area contributed by atoms with Gasteiger partial charge in [-0.05, 0) is 26.0 Å². The van der Waals surface area contributed by atoms with Crippen molar-refractivity contribution in [2.24, 2.45) is 0 Å². The van der Waals surface area contributed by atoms with Gasteiger partial charge in [-0.1, -0.05) is 12.1 Å². The van der Waals surface area contributed by atoms with Crippen molar-refractivity contribution in [3.63, 3.8) is 0 Å². The summed E-state index contributed by atoms with van der Waals surface area (Å²) >= 11 is 0. The lowest BCUT2D eigenvalue weighted by atomic mass is 10.1. The number of ketones is 1. The van der Waals surface area contributed by atoms with Gasteiger partial charge < -0.3 is 10.1 Å². The molecule has 104 valence electrons. The average molecular weight is 262 g/mol. The van der Waals surface area contributed by atoms with Crippen LogP contribution >= 0.6 is 0 Å². The first-order valence-electron chi connectivity index (χ1n) is 6.85. The maximum absolute atomic E-state index is 11.5. The zero-order valence-corrected chi connectivity index (χ0v) is 11.7. The van der Waals surface area contributed by atoms with Crippen LogP contribution in [-0.2, 0) is 0 Å². The van der Waals surface area contributed by atoms with Crippen LogP contribution in [0.25, 0.3) is 0 Å². The first-order valence-corrected chi connectivity index (χ1v) is 6.85. The number of piperazine rings is 1. The molecule has 19 heavy (non-hydrogen) atoms. The maximum atomic E-state index is 11.5. The van der Waals surface area contributed by atoms with E-state index >= 15 is 0 Å². The number of hydrogen-bond donors (Lipinski definition) is 1. The summed E-state index contributed by atoms with van der Waals surface area (Å²) in [5.41, 5.74) is 0.663. The predicted octanol–water partition coefficient (Wildman–Crippen LogP) is 1.56. The Kier molecular flexibility index (Phi) is 4.93. The third-order valence-electron chi connectivity index (χ3n) is 3.38. The van der Waals surface area contributed by atoms with Crippen molar-refractivity contribution >= 4 is 5.78 Å². The number of nitrogens with zero attached hydrogens (tertiary/aromatic N) is 1. The summed E-state index contributed by atoms with van der Waals surface area (Å²) in [6, 6.07) is 7.97. The minimum Gasteiger partial charge on any atom is -0.491 e. The minimum absolute atomic E-state index is 0.0476. The molecular formula is C15H22N2O2. The van der Waals surface area contributed by atoms with Crippen LogP contribution in [0.5, 0.6) is 5.75 Å². The van der Waals surface area contributed by atoms with Gasteiger partial charge in [-0.3, -0.25) is 9.69 Å². The Bertz CT molecular complexity index is 434. The number of benzene rings is 1. The van der Waals surface area contributed by atoms with Crippen LogP contribution in [0.2, 0.25) is 0 Å². The molecule has 0 bridgehead atoms. The Morgan fingerprint density at radius 2 is 2.26 bits per heavy atom. The Labute approximate surface area is 114 Å². The highest BCUT2D eigenvalue weighted by atomic mass is 16.5. The third kappa shape index (κ3) is 4.04. The topological polar surface area (TPSA) is 41.6 Å². The molecule has 1 aliphatic heterocycles. The molecule has 1 heterocycles. The fourth-order valence-electron chi connectivity index (χ4n) is 2.38. The molecule has 0 unspecified atom stereocenters. The number of hydrogen-bond acceptors (Lipinski definition) is 4. The number of carbonyl (C=O) groups is 1. The molecule has 0 spiro atoms. The first-order chi connectivity index (χ1) is 9.16. The number of carbonyl (C=O) groups excluding carboxylic acids is 1. The molecule has 1 atom stereocenters. The lowest BCUT2D eigenvalue weighted by Crippen LogP contribution is -2.50.